The fraction of sp³-hybridized carbons (Fsp3) is 0.900. The molecule has 1 saturated carbocycles. The van der Waals surface area contributed by atoms with Crippen molar-refractivity contribution >= 4 is 11.8 Å². The van der Waals surface area contributed by atoms with E-state index >= 15 is 0 Å². The highest BCUT2D eigenvalue weighted by Crippen LogP contribution is 2.51. The molecule has 0 heterocycles. The molecule has 74 valence electrons. The van der Waals surface area contributed by atoms with Crippen LogP contribution in [0.1, 0.15) is 32.6 Å². The highest BCUT2D eigenvalue weighted by Gasteiger charge is 2.42. The standard InChI is InChI=1S/C10H17NOS/c1-9(2-7-12)13-8-10(3-4-10)5-6-11/h9,12H,2-5,7-8H2,1H3. The predicted octanol–water partition coefficient (Wildman–Crippen LogP) is 2.18. The Hall–Kier alpha value is -0.200. The van der Waals surface area contributed by atoms with Gasteiger partial charge >= 0.3 is 0 Å². The van der Waals surface area contributed by atoms with Gasteiger partial charge in [0.05, 0.1) is 6.07 Å². The lowest BCUT2D eigenvalue weighted by atomic mass is 10.1. The van der Waals surface area contributed by atoms with Crippen LogP contribution in [0.5, 0.6) is 0 Å². The van der Waals surface area contributed by atoms with Crippen molar-refractivity contribution in [3.8, 4) is 6.07 Å². The third-order valence-corrected chi connectivity index (χ3v) is 4.20. The van der Waals surface area contributed by atoms with Gasteiger partial charge < -0.3 is 5.11 Å². The van der Waals surface area contributed by atoms with E-state index in [0.29, 0.717) is 17.1 Å². The molecule has 2 nitrogen and oxygen atoms in total. The van der Waals surface area contributed by atoms with E-state index in [1.165, 1.54) is 12.8 Å². The smallest absolute Gasteiger partial charge is 0.0627 e. The molecule has 0 bridgehead atoms. The van der Waals surface area contributed by atoms with Gasteiger partial charge in [-0.3, -0.25) is 0 Å². The van der Waals surface area contributed by atoms with Gasteiger partial charge in [-0.15, -0.1) is 0 Å². The van der Waals surface area contributed by atoms with E-state index in [-0.39, 0.29) is 6.61 Å². The molecule has 0 amide bonds. The minimum Gasteiger partial charge on any atom is -0.396 e. The van der Waals surface area contributed by atoms with Gasteiger partial charge in [-0.2, -0.15) is 17.0 Å². The zero-order chi connectivity index (χ0) is 9.73. The van der Waals surface area contributed by atoms with Crippen molar-refractivity contribution in [2.24, 2.45) is 5.41 Å². The first-order chi connectivity index (χ1) is 6.22. The van der Waals surface area contributed by atoms with Crippen LogP contribution in [0.2, 0.25) is 0 Å². The SMILES string of the molecule is CC(CCO)SCC1(CC#N)CC1. The number of aliphatic hydroxyl groups is 1. The van der Waals surface area contributed by atoms with Gasteiger partial charge in [0.25, 0.3) is 0 Å². The quantitative estimate of drug-likeness (QED) is 0.713. The van der Waals surface area contributed by atoms with Crippen LogP contribution < -0.4 is 0 Å². The summed E-state index contributed by atoms with van der Waals surface area (Å²) in [5, 5.41) is 17.9. The number of nitriles is 1. The van der Waals surface area contributed by atoms with Crippen LogP contribution in [-0.4, -0.2) is 22.7 Å². The Labute approximate surface area is 84.3 Å². The van der Waals surface area contributed by atoms with Crippen molar-refractivity contribution in [2.75, 3.05) is 12.4 Å². The third-order valence-electron chi connectivity index (χ3n) is 2.62. The normalized spacial score (nSPS) is 20.7. The number of rotatable bonds is 6. The Morgan fingerprint density at radius 2 is 2.31 bits per heavy atom. The van der Waals surface area contributed by atoms with Crippen LogP contribution in [0.15, 0.2) is 0 Å². The maximum Gasteiger partial charge on any atom is 0.0627 e. The average Bonchev–Trinajstić information content (AvgIpc) is 2.84. The molecule has 0 spiro atoms. The van der Waals surface area contributed by atoms with Gasteiger partial charge in [-0.05, 0) is 24.7 Å². The first-order valence-electron chi connectivity index (χ1n) is 4.82. The molecule has 3 heteroatoms. The van der Waals surface area contributed by atoms with Gasteiger partial charge in [0.2, 0.25) is 0 Å². The van der Waals surface area contributed by atoms with Crippen LogP contribution in [0.3, 0.4) is 0 Å². The fourth-order valence-electron chi connectivity index (χ4n) is 1.30. The summed E-state index contributed by atoms with van der Waals surface area (Å²) in [5.41, 5.74) is 0.350. The van der Waals surface area contributed by atoms with E-state index in [1.54, 1.807) is 0 Å². The van der Waals surface area contributed by atoms with Crippen molar-refractivity contribution in [3.05, 3.63) is 0 Å². The summed E-state index contributed by atoms with van der Waals surface area (Å²) in [4.78, 5) is 0. The van der Waals surface area contributed by atoms with Crippen molar-refractivity contribution in [3.63, 3.8) is 0 Å². The first kappa shape index (κ1) is 10.9. The predicted molar refractivity (Wildman–Crippen MR) is 55.5 cm³/mol. The Bertz CT molecular complexity index is 196. The lowest BCUT2D eigenvalue weighted by Crippen LogP contribution is -2.08. The molecule has 0 saturated heterocycles. The topological polar surface area (TPSA) is 44.0 Å². The molecule has 1 aliphatic carbocycles. The molecule has 1 fully saturated rings. The molecule has 1 aliphatic rings. The lowest BCUT2D eigenvalue weighted by Gasteiger charge is -2.14. The highest BCUT2D eigenvalue weighted by molar-refractivity contribution is 7.99. The van der Waals surface area contributed by atoms with Crippen molar-refractivity contribution < 1.29 is 5.11 Å². The van der Waals surface area contributed by atoms with E-state index in [1.807, 2.05) is 11.8 Å². The van der Waals surface area contributed by atoms with E-state index in [0.717, 1.165) is 12.2 Å². The van der Waals surface area contributed by atoms with Crippen LogP contribution in [0.4, 0.5) is 0 Å². The minimum absolute atomic E-state index is 0.277. The molecule has 0 aromatic heterocycles. The number of hydrogen-bond acceptors (Lipinski definition) is 3. The van der Waals surface area contributed by atoms with E-state index in [9.17, 15) is 0 Å². The fourth-order valence-corrected chi connectivity index (χ4v) is 2.60. The third kappa shape index (κ3) is 3.58. The van der Waals surface area contributed by atoms with Crippen molar-refractivity contribution in [2.45, 2.75) is 37.9 Å². The number of nitrogens with zero attached hydrogens (tertiary/aromatic N) is 1. The molecule has 0 aliphatic heterocycles. The second-order valence-electron chi connectivity index (χ2n) is 3.97. The molecule has 0 radical (unpaired) electrons. The van der Waals surface area contributed by atoms with Gasteiger partial charge in [-0.25, -0.2) is 0 Å². The Morgan fingerprint density at radius 3 is 2.77 bits per heavy atom. The van der Waals surface area contributed by atoms with Crippen LogP contribution >= 0.6 is 11.8 Å². The van der Waals surface area contributed by atoms with Crippen LogP contribution in [0.25, 0.3) is 0 Å². The minimum atomic E-state index is 0.277. The summed E-state index contributed by atoms with van der Waals surface area (Å²) in [6, 6.07) is 2.26. The van der Waals surface area contributed by atoms with Gasteiger partial charge in [0, 0.05) is 24.0 Å². The molecule has 0 aromatic rings. The van der Waals surface area contributed by atoms with Gasteiger partial charge in [-0.1, -0.05) is 6.92 Å². The van der Waals surface area contributed by atoms with E-state index in [4.69, 9.17) is 10.4 Å². The summed E-state index contributed by atoms with van der Waals surface area (Å²) in [6.45, 7) is 2.42. The molecule has 1 unspecified atom stereocenters. The zero-order valence-electron chi connectivity index (χ0n) is 8.12. The van der Waals surface area contributed by atoms with Gasteiger partial charge in [0.15, 0.2) is 0 Å². The molecule has 1 rings (SSSR count). The molecular formula is C10H17NOS. The number of thioether (sulfide) groups is 1. The molecule has 0 aromatic carbocycles. The molecular weight excluding hydrogens is 182 g/mol. The number of aliphatic hydroxyl groups excluding tert-OH is 1. The van der Waals surface area contributed by atoms with Gasteiger partial charge in [0.1, 0.15) is 0 Å². The average molecular weight is 199 g/mol. The summed E-state index contributed by atoms with van der Waals surface area (Å²) < 4.78 is 0. The Morgan fingerprint density at radius 1 is 1.62 bits per heavy atom. The second kappa shape index (κ2) is 4.88. The van der Waals surface area contributed by atoms with E-state index < -0.39 is 0 Å². The van der Waals surface area contributed by atoms with Crippen LogP contribution in [-0.2, 0) is 0 Å². The maximum absolute atomic E-state index is 8.72. The molecule has 1 N–H and O–H groups in total. The van der Waals surface area contributed by atoms with Crippen LogP contribution in [0, 0.1) is 16.7 Å². The first-order valence-corrected chi connectivity index (χ1v) is 5.87. The molecule has 1 atom stereocenters. The van der Waals surface area contributed by atoms with Crippen molar-refractivity contribution in [1.29, 1.82) is 5.26 Å². The second-order valence-corrected chi connectivity index (χ2v) is 5.40. The van der Waals surface area contributed by atoms with Crippen molar-refractivity contribution in [1.82, 2.24) is 0 Å². The summed E-state index contributed by atoms with van der Waals surface area (Å²) in [7, 11) is 0. The monoisotopic (exact) mass is 199 g/mol. The highest BCUT2D eigenvalue weighted by atomic mass is 32.2. The summed E-state index contributed by atoms with van der Waals surface area (Å²) in [5.74, 6) is 1.10. The summed E-state index contributed by atoms with van der Waals surface area (Å²) in [6.07, 6.45) is 4.03. The lowest BCUT2D eigenvalue weighted by molar-refractivity contribution is 0.289. The number of hydrogen-bond donors (Lipinski definition) is 1. The summed E-state index contributed by atoms with van der Waals surface area (Å²) >= 11 is 1.90. The zero-order valence-corrected chi connectivity index (χ0v) is 8.94. The maximum atomic E-state index is 8.72. The largest absolute Gasteiger partial charge is 0.396 e. The molecule has 13 heavy (non-hydrogen) atoms. The Kier molecular flexibility index (Phi) is 4.08. The van der Waals surface area contributed by atoms with E-state index in [2.05, 4.69) is 13.0 Å². The Balaban J connectivity index is 2.15.